The van der Waals surface area contributed by atoms with E-state index in [4.69, 9.17) is 0 Å². The molecule has 0 amide bonds. The monoisotopic (exact) mass is 349 g/mol. The predicted molar refractivity (Wildman–Crippen MR) is 79.2 cm³/mol. The maximum Gasteiger partial charge on any atom is 0.417 e. The summed E-state index contributed by atoms with van der Waals surface area (Å²) < 4.78 is 39.3. The quantitative estimate of drug-likeness (QED) is 0.670. The first-order valence-electron chi connectivity index (χ1n) is 7.01. The van der Waals surface area contributed by atoms with E-state index in [1.807, 2.05) is 0 Å². The highest BCUT2D eigenvalue weighted by Gasteiger charge is 2.31. The molecule has 0 saturated heterocycles. The lowest BCUT2D eigenvalue weighted by Gasteiger charge is -2.06. The maximum absolute atomic E-state index is 12.5. The molecule has 0 spiro atoms. The molecule has 0 N–H and O–H groups in total. The Bertz CT molecular complexity index is 946. The second-order valence-corrected chi connectivity index (χ2v) is 5.02. The smallest absolute Gasteiger partial charge is 0.290 e. The van der Waals surface area contributed by atoms with Crippen LogP contribution >= 0.6 is 0 Å². The van der Waals surface area contributed by atoms with Crippen molar-refractivity contribution >= 4 is 5.78 Å². The highest BCUT2D eigenvalue weighted by molar-refractivity contribution is 5.93. The first-order valence-corrected chi connectivity index (χ1v) is 7.01. The molecule has 3 rings (SSSR count). The molecule has 10 heteroatoms. The molecule has 0 saturated carbocycles. The van der Waals surface area contributed by atoms with E-state index in [1.165, 1.54) is 0 Å². The number of benzene rings is 1. The van der Waals surface area contributed by atoms with Crippen LogP contribution in [0.15, 0.2) is 53.5 Å². The van der Waals surface area contributed by atoms with Crippen LogP contribution in [0.2, 0.25) is 0 Å². The number of nitrogens with zero attached hydrogens (tertiary/aromatic N) is 5. The van der Waals surface area contributed by atoms with E-state index in [-0.39, 0.29) is 5.69 Å². The number of carbonyl (C=O) groups is 1. The predicted octanol–water partition coefficient (Wildman–Crippen LogP) is 1.73. The lowest BCUT2D eigenvalue weighted by atomic mass is 10.2. The lowest BCUT2D eigenvalue weighted by molar-refractivity contribution is -0.137. The zero-order valence-electron chi connectivity index (χ0n) is 12.5. The van der Waals surface area contributed by atoms with Crippen LogP contribution in [0.3, 0.4) is 0 Å². The summed E-state index contributed by atoms with van der Waals surface area (Å²) in [6.07, 6.45) is -3.97. The Morgan fingerprint density at radius 1 is 1.04 bits per heavy atom. The summed E-state index contributed by atoms with van der Waals surface area (Å²) in [5.41, 5.74) is -1.34. The molecule has 0 fully saturated rings. The second-order valence-electron chi connectivity index (χ2n) is 5.02. The van der Waals surface area contributed by atoms with Gasteiger partial charge in [0, 0.05) is 6.20 Å². The van der Waals surface area contributed by atoms with Crippen LogP contribution in [-0.2, 0) is 12.7 Å². The molecule has 25 heavy (non-hydrogen) atoms. The van der Waals surface area contributed by atoms with Crippen molar-refractivity contribution in [1.29, 1.82) is 0 Å². The number of carbonyl (C=O) groups excluding carboxylic acids is 1. The number of para-hydroxylation sites is 1. The van der Waals surface area contributed by atoms with Gasteiger partial charge in [0.05, 0.1) is 11.3 Å². The summed E-state index contributed by atoms with van der Waals surface area (Å²) in [4.78, 5) is 27.8. The van der Waals surface area contributed by atoms with Gasteiger partial charge < -0.3 is 0 Å². The van der Waals surface area contributed by atoms with Gasteiger partial charge in [-0.15, -0.1) is 0 Å². The number of alkyl halides is 3. The van der Waals surface area contributed by atoms with E-state index in [0.29, 0.717) is 11.9 Å². The van der Waals surface area contributed by atoms with Gasteiger partial charge in [-0.1, -0.05) is 18.2 Å². The normalized spacial score (nSPS) is 11.5. The van der Waals surface area contributed by atoms with Crippen LogP contribution in [0.25, 0.3) is 5.69 Å². The zero-order chi connectivity index (χ0) is 18.0. The van der Waals surface area contributed by atoms with Gasteiger partial charge >= 0.3 is 11.9 Å². The van der Waals surface area contributed by atoms with E-state index in [2.05, 4.69) is 15.4 Å². The van der Waals surface area contributed by atoms with E-state index >= 15 is 0 Å². The molecule has 0 radical (unpaired) electrons. The molecule has 3 aromatic rings. The van der Waals surface area contributed by atoms with Gasteiger partial charge in [0.2, 0.25) is 5.78 Å². The molecule has 0 aliphatic heterocycles. The molecule has 0 aliphatic carbocycles. The minimum absolute atomic E-state index is 0.200. The largest absolute Gasteiger partial charge is 0.417 e. The molecule has 0 bridgehead atoms. The van der Waals surface area contributed by atoms with Crippen LogP contribution in [0.5, 0.6) is 0 Å². The van der Waals surface area contributed by atoms with Crippen LogP contribution in [0.4, 0.5) is 13.2 Å². The number of hydrogen-bond acceptors (Lipinski definition) is 5. The van der Waals surface area contributed by atoms with Gasteiger partial charge in [0.15, 0.2) is 0 Å². The summed E-state index contributed by atoms with van der Waals surface area (Å²) >= 11 is 0. The van der Waals surface area contributed by atoms with Crippen LogP contribution in [0, 0.1) is 0 Å². The Hall–Kier alpha value is -3.30. The van der Waals surface area contributed by atoms with Crippen LogP contribution < -0.4 is 5.69 Å². The van der Waals surface area contributed by atoms with Crippen molar-refractivity contribution in [3.8, 4) is 5.69 Å². The molecule has 7 nitrogen and oxygen atoms in total. The van der Waals surface area contributed by atoms with Crippen molar-refractivity contribution in [3.63, 3.8) is 0 Å². The summed E-state index contributed by atoms with van der Waals surface area (Å²) in [6, 6.07) is 10.2. The van der Waals surface area contributed by atoms with Crippen LogP contribution in [0.1, 0.15) is 16.1 Å². The van der Waals surface area contributed by atoms with Crippen molar-refractivity contribution in [2.45, 2.75) is 12.7 Å². The average Bonchev–Trinajstić information content (AvgIpc) is 2.96. The SMILES string of the molecule is O=C(Cn1nnn(-c2ccccc2)c1=O)c1ccc(C(F)(F)F)cn1. The number of rotatable bonds is 4. The van der Waals surface area contributed by atoms with Gasteiger partial charge in [0.1, 0.15) is 12.2 Å². The fraction of sp³-hybridized carbons (Fsp3) is 0.133. The summed E-state index contributed by atoms with van der Waals surface area (Å²) in [7, 11) is 0. The Labute approximate surface area is 138 Å². The number of Topliss-reactive ketones (excluding diaryl/α,β-unsaturated/α-hetero) is 1. The Morgan fingerprint density at radius 3 is 2.36 bits per heavy atom. The topological polar surface area (TPSA) is 82.7 Å². The molecule has 2 aromatic heterocycles. The molecular weight excluding hydrogens is 339 g/mol. The molecule has 2 heterocycles. The van der Waals surface area contributed by atoms with Crippen molar-refractivity contribution in [2.24, 2.45) is 0 Å². The highest BCUT2D eigenvalue weighted by atomic mass is 19.4. The maximum atomic E-state index is 12.5. The van der Waals surface area contributed by atoms with Crippen molar-refractivity contribution in [1.82, 2.24) is 24.8 Å². The summed E-state index contributed by atoms with van der Waals surface area (Å²) in [5, 5.41) is 7.28. The summed E-state index contributed by atoms with van der Waals surface area (Å²) in [6.45, 7) is -0.482. The fourth-order valence-corrected chi connectivity index (χ4v) is 2.05. The van der Waals surface area contributed by atoms with Gasteiger partial charge in [-0.3, -0.25) is 9.78 Å². The Morgan fingerprint density at radius 2 is 1.76 bits per heavy atom. The minimum Gasteiger partial charge on any atom is -0.290 e. The van der Waals surface area contributed by atoms with Crippen LogP contribution in [-0.4, -0.2) is 30.6 Å². The molecule has 1 aromatic carbocycles. The minimum atomic E-state index is -4.54. The van der Waals surface area contributed by atoms with Crippen molar-refractivity contribution in [2.75, 3.05) is 0 Å². The number of pyridine rings is 1. The first kappa shape index (κ1) is 16.6. The third-order valence-electron chi connectivity index (χ3n) is 3.31. The number of halogens is 3. The summed E-state index contributed by atoms with van der Waals surface area (Å²) in [5.74, 6) is -0.657. The third-order valence-corrected chi connectivity index (χ3v) is 3.31. The first-order chi connectivity index (χ1) is 11.9. The second kappa shape index (κ2) is 6.30. The fourth-order valence-electron chi connectivity index (χ4n) is 2.05. The van der Waals surface area contributed by atoms with E-state index < -0.39 is 29.8 Å². The van der Waals surface area contributed by atoms with Crippen molar-refractivity contribution in [3.05, 3.63) is 70.4 Å². The van der Waals surface area contributed by atoms with Gasteiger partial charge in [-0.2, -0.15) is 22.5 Å². The number of aromatic nitrogens is 5. The van der Waals surface area contributed by atoms with E-state index in [9.17, 15) is 22.8 Å². The van der Waals surface area contributed by atoms with E-state index in [1.54, 1.807) is 30.3 Å². The Balaban J connectivity index is 1.80. The average molecular weight is 349 g/mol. The van der Waals surface area contributed by atoms with Crippen molar-refractivity contribution < 1.29 is 18.0 Å². The van der Waals surface area contributed by atoms with Gasteiger partial charge in [0.25, 0.3) is 0 Å². The zero-order valence-corrected chi connectivity index (χ0v) is 12.5. The molecule has 0 aliphatic rings. The third kappa shape index (κ3) is 3.47. The molecule has 0 atom stereocenters. The molecular formula is C15H10F3N5O2. The molecule has 0 unspecified atom stereocenters. The lowest BCUT2D eigenvalue weighted by Crippen LogP contribution is -2.27. The molecule has 128 valence electrons. The standard InChI is InChI=1S/C15H10F3N5O2/c16-15(17,18)10-6-7-12(19-8-10)13(24)9-22-14(25)23(21-20-22)11-4-2-1-3-5-11/h1-8H,9H2. The Kier molecular flexibility index (Phi) is 4.17. The highest BCUT2D eigenvalue weighted by Crippen LogP contribution is 2.28. The van der Waals surface area contributed by atoms with Gasteiger partial charge in [-0.05, 0) is 34.7 Å². The number of tetrazole rings is 1. The van der Waals surface area contributed by atoms with E-state index in [0.717, 1.165) is 21.5 Å². The number of ketones is 1. The number of hydrogen-bond donors (Lipinski definition) is 0. The van der Waals surface area contributed by atoms with Gasteiger partial charge in [-0.25, -0.2) is 4.79 Å².